The van der Waals surface area contributed by atoms with E-state index >= 15 is 0 Å². The van der Waals surface area contributed by atoms with Crippen LogP contribution in [0.15, 0.2) is 18.2 Å². The van der Waals surface area contributed by atoms with Crippen molar-refractivity contribution in [3.05, 3.63) is 33.3 Å². The average Bonchev–Trinajstić information content (AvgIpc) is 2.20. The summed E-state index contributed by atoms with van der Waals surface area (Å²) in [5.74, 6) is -0.745. The van der Waals surface area contributed by atoms with Crippen molar-refractivity contribution >= 4 is 23.2 Å². The van der Waals surface area contributed by atoms with Crippen LogP contribution in [-0.4, -0.2) is 16.9 Å². The highest BCUT2D eigenvalue weighted by atomic mass is 35.5. The molecule has 1 aromatic rings. The van der Waals surface area contributed by atoms with Crippen LogP contribution in [0.25, 0.3) is 0 Å². The van der Waals surface area contributed by atoms with Crippen LogP contribution in [0.5, 0.6) is 5.75 Å². The number of ether oxygens (including phenoxy) is 1. The molecule has 0 bridgehead atoms. The zero-order chi connectivity index (χ0) is 12.3. The largest absolute Gasteiger partial charge is 0.474 e. The Labute approximate surface area is 96.1 Å². The number of benzene rings is 1. The highest BCUT2D eigenvalue weighted by Gasteiger charge is 2.19. The molecule has 0 aliphatic carbocycles. The van der Waals surface area contributed by atoms with E-state index in [1.54, 1.807) is 0 Å². The molecular weight excluding hydrogens is 236 g/mol. The lowest BCUT2D eigenvalue weighted by molar-refractivity contribution is -0.386. The Hall–Kier alpha value is -1.82. The molecule has 0 saturated heterocycles. The Morgan fingerprint density at radius 2 is 2.25 bits per heavy atom. The molecule has 0 heterocycles. The van der Waals surface area contributed by atoms with E-state index in [1.807, 2.05) is 0 Å². The van der Waals surface area contributed by atoms with Gasteiger partial charge in [0.2, 0.25) is 0 Å². The highest BCUT2D eigenvalue weighted by molar-refractivity contribution is 6.30. The van der Waals surface area contributed by atoms with Crippen molar-refractivity contribution < 1.29 is 14.5 Å². The molecule has 1 unspecified atom stereocenters. The molecule has 0 aliphatic heterocycles. The van der Waals surface area contributed by atoms with Crippen molar-refractivity contribution in [2.24, 2.45) is 5.73 Å². The van der Waals surface area contributed by atoms with Crippen molar-refractivity contribution in [2.75, 3.05) is 0 Å². The predicted molar refractivity (Wildman–Crippen MR) is 57.4 cm³/mol. The smallest absolute Gasteiger partial charge is 0.312 e. The summed E-state index contributed by atoms with van der Waals surface area (Å²) >= 11 is 5.61. The van der Waals surface area contributed by atoms with Gasteiger partial charge in [-0.2, -0.15) is 0 Å². The van der Waals surface area contributed by atoms with Crippen LogP contribution < -0.4 is 10.5 Å². The van der Waals surface area contributed by atoms with E-state index in [0.717, 1.165) is 6.07 Å². The van der Waals surface area contributed by atoms with Crippen LogP contribution in [0.1, 0.15) is 6.92 Å². The first-order chi connectivity index (χ1) is 7.41. The second-order valence-corrected chi connectivity index (χ2v) is 3.47. The van der Waals surface area contributed by atoms with E-state index in [1.165, 1.54) is 19.1 Å². The molecule has 86 valence electrons. The van der Waals surface area contributed by atoms with Gasteiger partial charge in [-0.25, -0.2) is 0 Å². The normalized spacial score (nSPS) is 11.9. The highest BCUT2D eigenvalue weighted by Crippen LogP contribution is 2.30. The summed E-state index contributed by atoms with van der Waals surface area (Å²) in [6.07, 6.45) is -0.945. The molecule has 7 heteroatoms. The zero-order valence-electron chi connectivity index (χ0n) is 8.34. The first kappa shape index (κ1) is 12.3. The van der Waals surface area contributed by atoms with Crippen LogP contribution in [0, 0.1) is 10.1 Å². The van der Waals surface area contributed by atoms with Gasteiger partial charge in [0.15, 0.2) is 11.9 Å². The number of primary amides is 1. The standard InChI is InChI=1S/C9H9ClN2O4/c1-5(9(11)13)16-8-3-2-6(10)4-7(8)12(14)15/h2-5H,1H3,(H2,11,13). The quantitative estimate of drug-likeness (QED) is 0.641. The van der Waals surface area contributed by atoms with Crippen LogP contribution in [0.3, 0.4) is 0 Å². The number of nitro groups is 1. The van der Waals surface area contributed by atoms with Crippen LogP contribution >= 0.6 is 11.6 Å². The molecule has 1 atom stereocenters. The van der Waals surface area contributed by atoms with E-state index in [2.05, 4.69) is 0 Å². The van der Waals surface area contributed by atoms with Gasteiger partial charge in [-0.1, -0.05) is 11.6 Å². The third-order valence-electron chi connectivity index (χ3n) is 1.82. The molecule has 0 aromatic heterocycles. The molecule has 1 rings (SSSR count). The fourth-order valence-electron chi connectivity index (χ4n) is 0.981. The third-order valence-corrected chi connectivity index (χ3v) is 2.06. The summed E-state index contributed by atoms with van der Waals surface area (Å²) in [5, 5.41) is 10.9. The summed E-state index contributed by atoms with van der Waals surface area (Å²) in [7, 11) is 0. The first-order valence-corrected chi connectivity index (χ1v) is 4.69. The Balaban J connectivity index is 3.04. The molecule has 6 nitrogen and oxygen atoms in total. The van der Waals surface area contributed by atoms with Crippen molar-refractivity contribution in [3.63, 3.8) is 0 Å². The van der Waals surface area contributed by atoms with Gasteiger partial charge in [0, 0.05) is 11.1 Å². The Morgan fingerprint density at radius 1 is 1.62 bits per heavy atom. The van der Waals surface area contributed by atoms with Crippen molar-refractivity contribution in [1.82, 2.24) is 0 Å². The number of rotatable bonds is 4. The minimum Gasteiger partial charge on any atom is -0.474 e. The number of carbonyl (C=O) groups excluding carboxylic acids is 1. The van der Waals surface area contributed by atoms with Gasteiger partial charge in [0.1, 0.15) is 0 Å². The number of nitrogens with zero attached hydrogens (tertiary/aromatic N) is 1. The number of hydrogen-bond donors (Lipinski definition) is 1. The van der Waals surface area contributed by atoms with E-state index in [0.29, 0.717) is 0 Å². The van der Waals surface area contributed by atoms with Crippen molar-refractivity contribution in [1.29, 1.82) is 0 Å². The molecule has 0 fully saturated rings. The fourth-order valence-corrected chi connectivity index (χ4v) is 1.15. The number of amides is 1. The lowest BCUT2D eigenvalue weighted by atomic mass is 10.3. The van der Waals surface area contributed by atoms with E-state index in [-0.39, 0.29) is 16.5 Å². The van der Waals surface area contributed by atoms with Crippen LogP contribution in [0.4, 0.5) is 5.69 Å². The van der Waals surface area contributed by atoms with Gasteiger partial charge in [0.05, 0.1) is 4.92 Å². The number of nitro benzene ring substituents is 1. The maximum atomic E-state index is 10.8. The lowest BCUT2D eigenvalue weighted by Gasteiger charge is -2.11. The number of nitrogens with two attached hydrogens (primary N) is 1. The van der Waals surface area contributed by atoms with Gasteiger partial charge >= 0.3 is 5.69 Å². The minimum absolute atomic E-state index is 0.0410. The van der Waals surface area contributed by atoms with E-state index in [9.17, 15) is 14.9 Å². The van der Waals surface area contributed by atoms with Crippen molar-refractivity contribution in [3.8, 4) is 5.75 Å². The molecule has 16 heavy (non-hydrogen) atoms. The van der Waals surface area contributed by atoms with Crippen LogP contribution in [-0.2, 0) is 4.79 Å². The summed E-state index contributed by atoms with van der Waals surface area (Å²) in [5.41, 5.74) is 4.68. The topological polar surface area (TPSA) is 95.5 Å². The predicted octanol–water partition coefficient (Wildman–Crippen LogP) is 1.50. The monoisotopic (exact) mass is 244 g/mol. The Kier molecular flexibility index (Phi) is 3.68. The summed E-state index contributed by atoms with van der Waals surface area (Å²) in [6, 6.07) is 3.89. The number of hydrogen-bond acceptors (Lipinski definition) is 4. The number of carbonyl (C=O) groups is 1. The maximum Gasteiger partial charge on any atom is 0.312 e. The fraction of sp³-hybridized carbons (Fsp3) is 0.222. The SMILES string of the molecule is CC(Oc1ccc(Cl)cc1[N+](=O)[O-])C(N)=O. The van der Waals surface area contributed by atoms with Gasteiger partial charge in [-0.05, 0) is 19.1 Å². The van der Waals surface area contributed by atoms with E-state index < -0.39 is 16.9 Å². The third kappa shape index (κ3) is 2.83. The zero-order valence-corrected chi connectivity index (χ0v) is 9.10. The first-order valence-electron chi connectivity index (χ1n) is 4.31. The molecular formula is C9H9ClN2O4. The molecule has 0 spiro atoms. The second-order valence-electron chi connectivity index (χ2n) is 3.03. The Bertz CT molecular complexity index is 436. The average molecular weight is 245 g/mol. The summed E-state index contributed by atoms with van der Waals surface area (Å²) in [4.78, 5) is 20.8. The molecule has 0 saturated carbocycles. The van der Waals surface area contributed by atoms with Gasteiger partial charge in [0.25, 0.3) is 5.91 Å². The second kappa shape index (κ2) is 4.80. The van der Waals surface area contributed by atoms with Gasteiger partial charge < -0.3 is 10.5 Å². The number of halogens is 1. The van der Waals surface area contributed by atoms with E-state index in [4.69, 9.17) is 22.1 Å². The van der Waals surface area contributed by atoms with Gasteiger partial charge in [-0.15, -0.1) is 0 Å². The van der Waals surface area contributed by atoms with Crippen LogP contribution in [0.2, 0.25) is 5.02 Å². The summed E-state index contributed by atoms with van der Waals surface area (Å²) < 4.78 is 5.05. The molecule has 1 aromatic carbocycles. The molecule has 1 amide bonds. The van der Waals surface area contributed by atoms with Gasteiger partial charge in [-0.3, -0.25) is 14.9 Å². The Morgan fingerprint density at radius 3 is 2.75 bits per heavy atom. The minimum atomic E-state index is -0.945. The lowest BCUT2D eigenvalue weighted by Crippen LogP contribution is -2.30. The molecule has 0 radical (unpaired) electrons. The summed E-state index contributed by atoms with van der Waals surface area (Å²) in [6.45, 7) is 1.40. The molecule has 0 aliphatic rings. The molecule has 2 N–H and O–H groups in total. The van der Waals surface area contributed by atoms with Crippen molar-refractivity contribution in [2.45, 2.75) is 13.0 Å². The maximum absolute atomic E-state index is 10.8.